The first-order valence-electron chi connectivity index (χ1n) is 9.16. The second-order valence-corrected chi connectivity index (χ2v) is 7.38. The number of hydrogen-bond acceptors (Lipinski definition) is 4. The van der Waals surface area contributed by atoms with Crippen LogP contribution >= 0.6 is 11.8 Å². The molecule has 0 saturated carbocycles. The highest BCUT2D eigenvalue weighted by Crippen LogP contribution is 2.27. The van der Waals surface area contributed by atoms with Crippen LogP contribution in [-0.4, -0.2) is 24.2 Å². The molecule has 3 aromatic carbocycles. The summed E-state index contributed by atoms with van der Waals surface area (Å²) in [6.07, 6.45) is 0.727. The van der Waals surface area contributed by atoms with Crippen LogP contribution in [0.2, 0.25) is 0 Å². The molecular formula is C23H22N2O3S. The van der Waals surface area contributed by atoms with E-state index in [1.165, 1.54) is 17.3 Å². The third kappa shape index (κ3) is 6.40. The van der Waals surface area contributed by atoms with Gasteiger partial charge in [-0.15, -0.1) is 11.8 Å². The van der Waals surface area contributed by atoms with Crippen molar-refractivity contribution in [1.82, 2.24) is 0 Å². The maximum atomic E-state index is 12.4. The minimum atomic E-state index is -0.408. The molecule has 0 heterocycles. The number of anilines is 1. The Morgan fingerprint density at radius 1 is 0.897 bits per heavy atom. The van der Waals surface area contributed by atoms with E-state index >= 15 is 0 Å². The second-order valence-electron chi connectivity index (χ2n) is 6.36. The molecule has 5 nitrogen and oxygen atoms in total. The largest absolute Gasteiger partial charge is 0.483 e. The van der Waals surface area contributed by atoms with Gasteiger partial charge in [-0.05, 0) is 29.3 Å². The van der Waals surface area contributed by atoms with Gasteiger partial charge in [-0.1, -0.05) is 60.7 Å². The van der Waals surface area contributed by atoms with Crippen molar-refractivity contribution in [2.75, 3.05) is 17.7 Å². The topological polar surface area (TPSA) is 81.4 Å². The van der Waals surface area contributed by atoms with Gasteiger partial charge in [-0.25, -0.2) is 0 Å². The average Bonchev–Trinajstić information content (AvgIpc) is 2.73. The predicted molar refractivity (Wildman–Crippen MR) is 116 cm³/mol. The SMILES string of the molecule is NC(=O)CSc1ccccc1NC(=O)COc1ccccc1Cc1ccccc1. The number of primary amides is 1. The predicted octanol–water partition coefficient (Wildman–Crippen LogP) is 3.87. The molecule has 0 aromatic heterocycles. The van der Waals surface area contributed by atoms with Crippen LogP contribution in [0.1, 0.15) is 11.1 Å². The van der Waals surface area contributed by atoms with E-state index in [-0.39, 0.29) is 18.3 Å². The monoisotopic (exact) mass is 406 g/mol. The molecule has 0 bridgehead atoms. The quantitative estimate of drug-likeness (QED) is 0.529. The number of hydrogen-bond donors (Lipinski definition) is 2. The summed E-state index contributed by atoms with van der Waals surface area (Å²) in [5, 5.41) is 2.84. The third-order valence-corrected chi connectivity index (χ3v) is 5.20. The maximum Gasteiger partial charge on any atom is 0.262 e. The fourth-order valence-corrected chi connectivity index (χ4v) is 3.53. The van der Waals surface area contributed by atoms with Gasteiger partial charge in [0, 0.05) is 11.3 Å². The Hall–Kier alpha value is -3.25. The summed E-state index contributed by atoms with van der Waals surface area (Å²) in [6, 6.07) is 25.1. The van der Waals surface area contributed by atoms with Crippen LogP contribution in [0.5, 0.6) is 5.75 Å². The summed E-state index contributed by atoms with van der Waals surface area (Å²) >= 11 is 1.29. The number of carbonyl (C=O) groups excluding carboxylic acids is 2. The Balaban J connectivity index is 1.61. The summed E-state index contributed by atoms with van der Waals surface area (Å²) in [5.74, 6) is 0.153. The van der Waals surface area contributed by atoms with E-state index in [2.05, 4.69) is 17.4 Å². The number of para-hydroxylation sites is 2. The molecule has 0 aliphatic heterocycles. The Morgan fingerprint density at radius 3 is 2.38 bits per heavy atom. The van der Waals surface area contributed by atoms with Gasteiger partial charge in [-0.2, -0.15) is 0 Å². The normalized spacial score (nSPS) is 10.3. The molecule has 0 unspecified atom stereocenters. The van der Waals surface area contributed by atoms with Gasteiger partial charge in [0.05, 0.1) is 11.4 Å². The molecular weight excluding hydrogens is 384 g/mol. The van der Waals surface area contributed by atoms with Crippen LogP contribution in [0.15, 0.2) is 83.8 Å². The highest BCUT2D eigenvalue weighted by Gasteiger charge is 2.10. The van der Waals surface area contributed by atoms with Gasteiger partial charge in [0.25, 0.3) is 5.91 Å². The summed E-state index contributed by atoms with van der Waals surface area (Å²) in [6.45, 7) is -0.110. The first-order valence-corrected chi connectivity index (χ1v) is 10.1. The van der Waals surface area contributed by atoms with Gasteiger partial charge < -0.3 is 15.8 Å². The Labute approximate surface area is 174 Å². The van der Waals surface area contributed by atoms with E-state index in [4.69, 9.17) is 10.5 Å². The summed E-state index contributed by atoms with van der Waals surface area (Å²) in [5.41, 5.74) is 8.03. The maximum absolute atomic E-state index is 12.4. The van der Waals surface area contributed by atoms with Crippen molar-refractivity contribution in [3.63, 3.8) is 0 Å². The lowest BCUT2D eigenvalue weighted by molar-refractivity contribution is -0.118. The molecule has 0 aliphatic carbocycles. The lowest BCUT2D eigenvalue weighted by Gasteiger charge is -2.13. The molecule has 3 aromatic rings. The highest BCUT2D eigenvalue weighted by atomic mass is 32.2. The van der Waals surface area contributed by atoms with Crippen molar-refractivity contribution in [3.8, 4) is 5.75 Å². The van der Waals surface area contributed by atoms with E-state index in [1.807, 2.05) is 60.7 Å². The second kappa shape index (κ2) is 10.3. The smallest absolute Gasteiger partial charge is 0.262 e. The van der Waals surface area contributed by atoms with Crippen molar-refractivity contribution in [2.24, 2.45) is 5.73 Å². The lowest BCUT2D eigenvalue weighted by Crippen LogP contribution is -2.21. The van der Waals surface area contributed by atoms with E-state index in [9.17, 15) is 9.59 Å². The van der Waals surface area contributed by atoms with E-state index < -0.39 is 5.91 Å². The molecule has 29 heavy (non-hydrogen) atoms. The number of rotatable bonds is 9. The molecule has 0 atom stereocenters. The zero-order valence-electron chi connectivity index (χ0n) is 15.8. The molecule has 6 heteroatoms. The molecule has 148 valence electrons. The Kier molecular flexibility index (Phi) is 7.30. The van der Waals surface area contributed by atoms with E-state index in [0.29, 0.717) is 11.4 Å². The molecule has 2 amide bonds. The van der Waals surface area contributed by atoms with Crippen molar-refractivity contribution in [2.45, 2.75) is 11.3 Å². The summed E-state index contributed by atoms with van der Waals surface area (Å²) in [7, 11) is 0. The van der Waals surface area contributed by atoms with Gasteiger partial charge in [0.1, 0.15) is 5.75 Å². The number of carbonyl (C=O) groups is 2. The number of thioether (sulfide) groups is 1. The highest BCUT2D eigenvalue weighted by molar-refractivity contribution is 8.00. The number of ether oxygens (including phenoxy) is 1. The summed E-state index contributed by atoms with van der Waals surface area (Å²) in [4.78, 5) is 24.2. The minimum Gasteiger partial charge on any atom is -0.483 e. The van der Waals surface area contributed by atoms with Crippen molar-refractivity contribution >= 4 is 29.3 Å². The third-order valence-electron chi connectivity index (χ3n) is 4.10. The number of nitrogens with one attached hydrogen (secondary N) is 1. The van der Waals surface area contributed by atoms with Crippen LogP contribution in [0, 0.1) is 0 Å². The van der Waals surface area contributed by atoms with Gasteiger partial charge in [-0.3, -0.25) is 9.59 Å². The van der Waals surface area contributed by atoms with Gasteiger partial charge in [0.2, 0.25) is 5.91 Å². The van der Waals surface area contributed by atoms with Gasteiger partial charge in [0.15, 0.2) is 6.61 Å². The minimum absolute atomic E-state index is 0.110. The molecule has 0 aliphatic rings. The van der Waals surface area contributed by atoms with Crippen LogP contribution in [0.3, 0.4) is 0 Å². The molecule has 3 rings (SSSR count). The molecule has 0 radical (unpaired) electrons. The summed E-state index contributed by atoms with van der Waals surface area (Å²) < 4.78 is 5.79. The first kappa shape index (κ1) is 20.5. The first-order chi connectivity index (χ1) is 14.1. The number of benzene rings is 3. The molecule has 0 saturated heterocycles. The van der Waals surface area contributed by atoms with Crippen LogP contribution in [-0.2, 0) is 16.0 Å². The van der Waals surface area contributed by atoms with Crippen LogP contribution in [0.4, 0.5) is 5.69 Å². The number of nitrogens with two attached hydrogens (primary N) is 1. The van der Waals surface area contributed by atoms with Crippen molar-refractivity contribution in [1.29, 1.82) is 0 Å². The van der Waals surface area contributed by atoms with Crippen molar-refractivity contribution in [3.05, 3.63) is 90.0 Å². The van der Waals surface area contributed by atoms with E-state index in [0.717, 1.165) is 16.9 Å². The zero-order valence-corrected chi connectivity index (χ0v) is 16.7. The molecule has 0 fully saturated rings. The zero-order chi connectivity index (χ0) is 20.5. The number of amides is 2. The molecule has 3 N–H and O–H groups in total. The van der Waals surface area contributed by atoms with E-state index in [1.54, 1.807) is 6.07 Å². The fourth-order valence-electron chi connectivity index (χ4n) is 2.78. The van der Waals surface area contributed by atoms with Crippen LogP contribution < -0.4 is 15.8 Å². The Morgan fingerprint density at radius 2 is 1.59 bits per heavy atom. The molecule has 0 spiro atoms. The standard InChI is InChI=1S/C23H22N2O3S/c24-22(26)16-29-21-13-7-5-11-19(21)25-23(27)15-28-20-12-6-4-10-18(20)14-17-8-2-1-3-9-17/h1-13H,14-16H2,(H2,24,26)(H,25,27). The fraction of sp³-hybridized carbons (Fsp3) is 0.130. The Bertz CT molecular complexity index is 977. The van der Waals surface area contributed by atoms with Crippen molar-refractivity contribution < 1.29 is 14.3 Å². The van der Waals surface area contributed by atoms with Gasteiger partial charge >= 0.3 is 0 Å². The lowest BCUT2D eigenvalue weighted by atomic mass is 10.0. The average molecular weight is 407 g/mol. The van der Waals surface area contributed by atoms with Crippen LogP contribution in [0.25, 0.3) is 0 Å².